The number of allylic oxidation sites excluding steroid dienone is 1. The molecule has 0 radical (unpaired) electrons. The lowest BCUT2D eigenvalue weighted by Crippen LogP contribution is -2.64. The van der Waals surface area contributed by atoms with E-state index in [-0.39, 0.29) is 34.3 Å². The Kier molecular flexibility index (Phi) is 6.28. The number of rotatable bonds is 3. The first-order chi connectivity index (χ1) is 16.8. The molecule has 0 aliphatic heterocycles. The molecule has 4 nitrogen and oxygen atoms in total. The van der Waals surface area contributed by atoms with Crippen LogP contribution in [-0.2, 0) is 19.1 Å². The molecular formula is C32H50O4. The van der Waals surface area contributed by atoms with Crippen molar-refractivity contribution in [2.45, 2.75) is 112 Å². The smallest absolute Gasteiger partial charge is 0.312 e. The second kappa shape index (κ2) is 8.60. The fourth-order valence-electron chi connectivity index (χ4n) is 11.8. The van der Waals surface area contributed by atoms with Crippen LogP contribution in [0.3, 0.4) is 0 Å². The molecule has 5 saturated carbocycles. The van der Waals surface area contributed by atoms with Gasteiger partial charge in [-0.15, -0.1) is 0 Å². The second-order valence-electron chi connectivity index (χ2n) is 14.7. The summed E-state index contributed by atoms with van der Waals surface area (Å²) in [7, 11) is 1.59. The molecule has 36 heavy (non-hydrogen) atoms. The largest absolute Gasteiger partial charge is 0.469 e. The highest BCUT2D eigenvalue weighted by molar-refractivity contribution is 5.78. The predicted octanol–water partition coefficient (Wildman–Crippen LogP) is 7.36. The molecule has 0 aromatic rings. The summed E-state index contributed by atoms with van der Waals surface area (Å²) in [6.07, 6.45) is 11.3. The van der Waals surface area contributed by atoms with Gasteiger partial charge in [0.25, 0.3) is 0 Å². The van der Waals surface area contributed by atoms with Crippen molar-refractivity contribution in [3.8, 4) is 0 Å². The third-order valence-electron chi connectivity index (χ3n) is 13.1. The fraction of sp³-hybridized carbons (Fsp3) is 0.875. The van der Waals surface area contributed by atoms with E-state index in [0.717, 1.165) is 38.5 Å². The van der Waals surface area contributed by atoms with Crippen molar-refractivity contribution in [2.24, 2.45) is 57.2 Å². The SMILES string of the molecule is C=C(C)[C@@H]1CC[C@]2(C(=O)OC)CCC3C(CCC4[C@@]3(C)CCC3C(C)(C)[C@@H](OC(C)=O)CC[C@@]34C)C12. The predicted molar refractivity (Wildman–Crippen MR) is 142 cm³/mol. The number of esters is 2. The van der Waals surface area contributed by atoms with Crippen LogP contribution in [0.5, 0.6) is 0 Å². The lowest BCUT2D eigenvalue weighted by atomic mass is 9.36. The average molecular weight is 499 g/mol. The summed E-state index contributed by atoms with van der Waals surface area (Å²) in [5.74, 6) is 3.27. The normalized spacial score (nSPS) is 49.0. The van der Waals surface area contributed by atoms with Crippen LogP contribution in [0, 0.1) is 57.2 Å². The van der Waals surface area contributed by atoms with Gasteiger partial charge in [-0.2, -0.15) is 0 Å². The van der Waals surface area contributed by atoms with Gasteiger partial charge in [-0.25, -0.2) is 0 Å². The maximum Gasteiger partial charge on any atom is 0.312 e. The van der Waals surface area contributed by atoms with Gasteiger partial charge < -0.3 is 9.47 Å². The monoisotopic (exact) mass is 498 g/mol. The van der Waals surface area contributed by atoms with Crippen LogP contribution < -0.4 is 0 Å². The van der Waals surface area contributed by atoms with Crippen molar-refractivity contribution < 1.29 is 19.1 Å². The molecule has 0 spiro atoms. The summed E-state index contributed by atoms with van der Waals surface area (Å²) < 4.78 is 11.4. The Balaban J connectivity index is 1.48. The van der Waals surface area contributed by atoms with E-state index in [1.165, 1.54) is 31.3 Å². The van der Waals surface area contributed by atoms with Gasteiger partial charge in [-0.1, -0.05) is 39.8 Å². The number of carbonyl (C=O) groups excluding carboxylic acids is 2. The van der Waals surface area contributed by atoms with E-state index in [4.69, 9.17) is 9.47 Å². The number of hydrogen-bond acceptors (Lipinski definition) is 4. The van der Waals surface area contributed by atoms with Crippen LogP contribution in [-0.4, -0.2) is 25.2 Å². The van der Waals surface area contributed by atoms with Gasteiger partial charge in [0.05, 0.1) is 12.5 Å². The first-order valence-electron chi connectivity index (χ1n) is 14.7. The van der Waals surface area contributed by atoms with E-state index in [9.17, 15) is 9.59 Å². The molecular weight excluding hydrogens is 448 g/mol. The lowest BCUT2D eigenvalue weighted by Gasteiger charge is -2.69. The number of carbonyl (C=O) groups is 2. The molecule has 0 heterocycles. The summed E-state index contributed by atoms with van der Waals surface area (Å²) in [5, 5.41) is 0. The molecule has 10 atom stereocenters. The minimum atomic E-state index is -0.298. The van der Waals surface area contributed by atoms with Crippen LogP contribution in [0.25, 0.3) is 0 Å². The van der Waals surface area contributed by atoms with E-state index in [1.807, 2.05) is 0 Å². The molecule has 202 valence electrons. The molecule has 5 unspecified atom stereocenters. The Morgan fingerprint density at radius 3 is 2.11 bits per heavy atom. The number of methoxy groups -OCH3 is 1. The molecule has 0 amide bonds. The summed E-state index contributed by atoms with van der Waals surface area (Å²) in [6.45, 7) is 18.1. The topological polar surface area (TPSA) is 52.6 Å². The molecule has 5 aliphatic carbocycles. The molecule has 0 saturated heterocycles. The van der Waals surface area contributed by atoms with E-state index in [2.05, 4.69) is 41.2 Å². The van der Waals surface area contributed by atoms with Gasteiger partial charge >= 0.3 is 11.9 Å². The summed E-state index contributed by atoms with van der Waals surface area (Å²) in [6, 6.07) is 0. The zero-order chi connectivity index (χ0) is 26.3. The highest BCUT2D eigenvalue weighted by Crippen LogP contribution is 2.74. The average Bonchev–Trinajstić information content (AvgIpc) is 3.21. The first kappa shape index (κ1) is 26.3. The molecule has 5 fully saturated rings. The van der Waals surface area contributed by atoms with Crippen molar-refractivity contribution in [3.63, 3.8) is 0 Å². The number of ether oxygens (including phenoxy) is 2. The molecule has 0 N–H and O–H groups in total. The molecule has 4 heteroatoms. The van der Waals surface area contributed by atoms with E-state index in [1.54, 1.807) is 14.0 Å². The summed E-state index contributed by atoms with van der Waals surface area (Å²) in [4.78, 5) is 25.2. The second-order valence-corrected chi connectivity index (χ2v) is 14.7. The third kappa shape index (κ3) is 3.44. The van der Waals surface area contributed by atoms with Crippen molar-refractivity contribution >= 4 is 11.9 Å². The molecule has 0 bridgehead atoms. The Bertz CT molecular complexity index is 936. The maximum absolute atomic E-state index is 13.3. The van der Waals surface area contributed by atoms with Crippen molar-refractivity contribution in [1.82, 2.24) is 0 Å². The Morgan fingerprint density at radius 2 is 1.47 bits per heavy atom. The van der Waals surface area contributed by atoms with Crippen molar-refractivity contribution in [2.75, 3.05) is 7.11 Å². The molecule has 5 aliphatic rings. The fourth-order valence-corrected chi connectivity index (χ4v) is 11.8. The summed E-state index contributed by atoms with van der Waals surface area (Å²) >= 11 is 0. The standard InChI is InChI=1S/C32H50O4/c1-19(2)21-11-17-32(28(34)35-8)18-12-23-22(27(21)32)9-10-25-30(23,6)15-13-24-29(4,5)26(36-20(3)33)14-16-31(24,25)7/h21-27H,1,9-18H2,2-8H3/t21-,22?,23?,24?,25?,26-,27?,30-,31-,32-/m0/s1. The maximum atomic E-state index is 13.3. The van der Waals surface area contributed by atoms with Gasteiger partial charge in [0.2, 0.25) is 0 Å². The highest BCUT2D eigenvalue weighted by atomic mass is 16.5. The number of fused-ring (bicyclic) bond motifs is 7. The van der Waals surface area contributed by atoms with Crippen LogP contribution in [0.2, 0.25) is 0 Å². The van der Waals surface area contributed by atoms with E-state index >= 15 is 0 Å². The Labute approximate surface area is 219 Å². The van der Waals surface area contributed by atoms with Gasteiger partial charge in [0.15, 0.2) is 0 Å². The molecule has 0 aromatic heterocycles. The third-order valence-corrected chi connectivity index (χ3v) is 13.1. The quantitative estimate of drug-likeness (QED) is 0.301. The van der Waals surface area contributed by atoms with Crippen molar-refractivity contribution in [1.29, 1.82) is 0 Å². The minimum Gasteiger partial charge on any atom is -0.469 e. The molecule has 5 rings (SSSR count). The Hall–Kier alpha value is -1.32. The van der Waals surface area contributed by atoms with Crippen LogP contribution in [0.4, 0.5) is 0 Å². The van der Waals surface area contributed by atoms with Crippen LogP contribution in [0.1, 0.15) is 106 Å². The van der Waals surface area contributed by atoms with Gasteiger partial charge in [0.1, 0.15) is 6.10 Å². The minimum absolute atomic E-state index is 0.0000482. The summed E-state index contributed by atoms with van der Waals surface area (Å²) in [5.41, 5.74) is 1.55. The van der Waals surface area contributed by atoms with Gasteiger partial charge in [-0.3, -0.25) is 9.59 Å². The highest BCUT2D eigenvalue weighted by Gasteiger charge is 2.68. The lowest BCUT2D eigenvalue weighted by molar-refractivity contribution is -0.223. The molecule has 0 aromatic carbocycles. The zero-order valence-electron chi connectivity index (χ0n) is 24.0. The van der Waals surface area contributed by atoms with E-state index in [0.29, 0.717) is 40.9 Å². The first-order valence-corrected chi connectivity index (χ1v) is 14.7. The van der Waals surface area contributed by atoms with Gasteiger partial charge in [0, 0.05) is 12.3 Å². The van der Waals surface area contributed by atoms with Gasteiger partial charge in [-0.05, 0) is 117 Å². The van der Waals surface area contributed by atoms with Crippen LogP contribution >= 0.6 is 0 Å². The van der Waals surface area contributed by atoms with Crippen molar-refractivity contribution in [3.05, 3.63) is 12.2 Å². The van der Waals surface area contributed by atoms with Crippen LogP contribution in [0.15, 0.2) is 12.2 Å². The number of hydrogen-bond donors (Lipinski definition) is 0. The zero-order valence-corrected chi connectivity index (χ0v) is 24.0. The van der Waals surface area contributed by atoms with E-state index < -0.39 is 0 Å². The Morgan fingerprint density at radius 1 is 0.806 bits per heavy atom.